The van der Waals surface area contributed by atoms with E-state index in [1.165, 1.54) is 12.8 Å². The van der Waals surface area contributed by atoms with Crippen molar-refractivity contribution in [2.75, 3.05) is 23.3 Å². The average Bonchev–Trinajstić information content (AvgIpc) is 3.09. The Morgan fingerprint density at radius 3 is 2.69 bits per heavy atom. The Balaban J connectivity index is 2.28. The van der Waals surface area contributed by atoms with Gasteiger partial charge in [-0.3, -0.25) is 0 Å². The fourth-order valence-corrected chi connectivity index (χ4v) is 2.04. The van der Waals surface area contributed by atoms with Gasteiger partial charge in [-0.05, 0) is 33.6 Å². The molecule has 16 heavy (non-hydrogen) atoms. The topological polar surface area (TPSA) is 41.1 Å². The second-order valence-corrected chi connectivity index (χ2v) is 4.22. The van der Waals surface area contributed by atoms with Crippen molar-refractivity contribution in [2.24, 2.45) is 0 Å². The summed E-state index contributed by atoms with van der Waals surface area (Å²) in [5.74, 6) is 2.06. The molecule has 2 rings (SSSR count). The van der Waals surface area contributed by atoms with Crippen LogP contribution in [0.15, 0.2) is 6.33 Å². The number of hydrogen-bond acceptors (Lipinski definition) is 4. The Labute approximate surface area is 97.1 Å². The Morgan fingerprint density at radius 1 is 1.38 bits per heavy atom. The standard InChI is InChI=1S/C12H20N4/c1-4-13-11-9(3)12(15-8-14-11)16(5-2)10-6-7-10/h8,10H,4-7H2,1-3H3,(H,13,14,15). The molecule has 1 aromatic heterocycles. The van der Waals surface area contributed by atoms with Gasteiger partial charge >= 0.3 is 0 Å². The molecule has 1 saturated carbocycles. The average molecular weight is 220 g/mol. The van der Waals surface area contributed by atoms with Crippen LogP contribution in [-0.4, -0.2) is 29.1 Å². The quantitative estimate of drug-likeness (QED) is 0.826. The van der Waals surface area contributed by atoms with Crippen molar-refractivity contribution in [1.29, 1.82) is 0 Å². The third-order valence-electron chi connectivity index (χ3n) is 3.00. The maximum atomic E-state index is 4.43. The van der Waals surface area contributed by atoms with Crippen LogP contribution in [0, 0.1) is 6.92 Å². The van der Waals surface area contributed by atoms with Crippen molar-refractivity contribution in [2.45, 2.75) is 39.7 Å². The van der Waals surface area contributed by atoms with E-state index in [0.717, 1.165) is 30.3 Å². The first-order valence-electron chi connectivity index (χ1n) is 6.10. The normalized spacial score (nSPS) is 14.9. The Bertz CT molecular complexity index is 360. The van der Waals surface area contributed by atoms with Crippen LogP contribution in [0.4, 0.5) is 11.6 Å². The molecule has 0 bridgehead atoms. The molecule has 88 valence electrons. The number of hydrogen-bond donors (Lipinski definition) is 1. The predicted octanol–water partition coefficient (Wildman–Crippen LogP) is 2.21. The summed E-state index contributed by atoms with van der Waals surface area (Å²) in [7, 11) is 0. The molecule has 0 aliphatic heterocycles. The van der Waals surface area contributed by atoms with Gasteiger partial charge in [-0.1, -0.05) is 0 Å². The molecule has 1 heterocycles. The molecule has 1 fully saturated rings. The first kappa shape index (κ1) is 11.2. The molecule has 0 aromatic carbocycles. The fourth-order valence-electron chi connectivity index (χ4n) is 2.04. The highest BCUT2D eigenvalue weighted by Crippen LogP contribution is 2.33. The third kappa shape index (κ3) is 2.10. The minimum atomic E-state index is 0.702. The molecule has 1 aliphatic carbocycles. The maximum Gasteiger partial charge on any atom is 0.137 e. The predicted molar refractivity (Wildman–Crippen MR) is 67.0 cm³/mol. The van der Waals surface area contributed by atoms with Crippen molar-refractivity contribution in [3.63, 3.8) is 0 Å². The molecule has 1 aromatic rings. The molecule has 1 aliphatic rings. The zero-order valence-corrected chi connectivity index (χ0v) is 10.3. The third-order valence-corrected chi connectivity index (χ3v) is 3.00. The number of nitrogens with zero attached hydrogens (tertiary/aromatic N) is 3. The maximum absolute atomic E-state index is 4.43. The van der Waals surface area contributed by atoms with Gasteiger partial charge < -0.3 is 10.2 Å². The van der Waals surface area contributed by atoms with E-state index in [1.807, 2.05) is 0 Å². The summed E-state index contributed by atoms with van der Waals surface area (Å²) >= 11 is 0. The highest BCUT2D eigenvalue weighted by atomic mass is 15.2. The van der Waals surface area contributed by atoms with Gasteiger partial charge in [-0.25, -0.2) is 9.97 Å². The van der Waals surface area contributed by atoms with E-state index >= 15 is 0 Å². The Kier molecular flexibility index (Phi) is 3.27. The van der Waals surface area contributed by atoms with Gasteiger partial charge in [-0.2, -0.15) is 0 Å². The van der Waals surface area contributed by atoms with Crippen LogP contribution < -0.4 is 10.2 Å². The minimum absolute atomic E-state index is 0.702. The monoisotopic (exact) mass is 220 g/mol. The van der Waals surface area contributed by atoms with Gasteiger partial charge in [0.2, 0.25) is 0 Å². The van der Waals surface area contributed by atoms with E-state index in [1.54, 1.807) is 6.33 Å². The summed E-state index contributed by atoms with van der Waals surface area (Å²) in [5.41, 5.74) is 1.16. The molecule has 0 amide bonds. The summed E-state index contributed by atoms with van der Waals surface area (Å²) in [4.78, 5) is 11.1. The van der Waals surface area contributed by atoms with Crippen molar-refractivity contribution in [3.05, 3.63) is 11.9 Å². The lowest BCUT2D eigenvalue weighted by atomic mass is 10.2. The number of rotatable bonds is 5. The van der Waals surface area contributed by atoms with Gasteiger partial charge in [0, 0.05) is 24.7 Å². The summed E-state index contributed by atoms with van der Waals surface area (Å²) in [5, 5.41) is 3.28. The van der Waals surface area contributed by atoms with Crippen molar-refractivity contribution in [1.82, 2.24) is 9.97 Å². The largest absolute Gasteiger partial charge is 0.370 e. The van der Waals surface area contributed by atoms with Crippen LogP contribution >= 0.6 is 0 Å². The van der Waals surface area contributed by atoms with E-state index < -0.39 is 0 Å². The van der Waals surface area contributed by atoms with E-state index in [4.69, 9.17) is 0 Å². The molecule has 0 saturated heterocycles. The fraction of sp³-hybridized carbons (Fsp3) is 0.667. The smallest absolute Gasteiger partial charge is 0.137 e. The summed E-state index contributed by atoms with van der Waals surface area (Å²) in [6, 6.07) is 0.702. The Hall–Kier alpha value is -1.32. The van der Waals surface area contributed by atoms with Crippen LogP contribution in [0.2, 0.25) is 0 Å². The van der Waals surface area contributed by atoms with Crippen LogP contribution in [0.25, 0.3) is 0 Å². The Morgan fingerprint density at radius 2 is 2.12 bits per heavy atom. The van der Waals surface area contributed by atoms with Crippen LogP contribution in [-0.2, 0) is 0 Å². The van der Waals surface area contributed by atoms with Gasteiger partial charge in [0.05, 0.1) is 0 Å². The van der Waals surface area contributed by atoms with Gasteiger partial charge in [0.25, 0.3) is 0 Å². The van der Waals surface area contributed by atoms with Crippen molar-refractivity contribution >= 4 is 11.6 Å². The minimum Gasteiger partial charge on any atom is -0.370 e. The van der Waals surface area contributed by atoms with E-state index in [2.05, 4.69) is 41.0 Å². The molecule has 4 nitrogen and oxygen atoms in total. The molecular formula is C12H20N4. The summed E-state index contributed by atoms with van der Waals surface area (Å²) in [6.45, 7) is 8.28. The van der Waals surface area contributed by atoms with Crippen molar-refractivity contribution in [3.8, 4) is 0 Å². The lowest BCUT2D eigenvalue weighted by molar-refractivity contribution is 0.799. The lowest BCUT2D eigenvalue weighted by Gasteiger charge is -2.24. The molecule has 1 N–H and O–H groups in total. The SMILES string of the molecule is CCNc1ncnc(N(CC)C2CC2)c1C. The highest BCUT2D eigenvalue weighted by Gasteiger charge is 2.30. The number of nitrogens with one attached hydrogen (secondary N) is 1. The first-order valence-corrected chi connectivity index (χ1v) is 6.10. The molecular weight excluding hydrogens is 200 g/mol. The number of aromatic nitrogens is 2. The van der Waals surface area contributed by atoms with Crippen LogP contribution in [0.1, 0.15) is 32.3 Å². The van der Waals surface area contributed by atoms with Gasteiger partial charge in [0.1, 0.15) is 18.0 Å². The molecule has 4 heteroatoms. The van der Waals surface area contributed by atoms with E-state index in [9.17, 15) is 0 Å². The summed E-state index contributed by atoms with van der Waals surface area (Å²) < 4.78 is 0. The second-order valence-electron chi connectivity index (χ2n) is 4.22. The summed E-state index contributed by atoms with van der Waals surface area (Å²) in [6.07, 6.45) is 4.26. The van der Waals surface area contributed by atoms with E-state index in [-0.39, 0.29) is 0 Å². The molecule has 0 unspecified atom stereocenters. The molecule has 0 atom stereocenters. The first-order chi connectivity index (χ1) is 7.77. The second kappa shape index (κ2) is 4.68. The zero-order valence-electron chi connectivity index (χ0n) is 10.3. The van der Waals surface area contributed by atoms with Crippen molar-refractivity contribution < 1.29 is 0 Å². The van der Waals surface area contributed by atoms with Gasteiger partial charge in [0.15, 0.2) is 0 Å². The highest BCUT2D eigenvalue weighted by molar-refractivity contribution is 5.58. The number of anilines is 2. The zero-order chi connectivity index (χ0) is 11.5. The molecule has 0 radical (unpaired) electrons. The van der Waals surface area contributed by atoms with Crippen LogP contribution in [0.5, 0.6) is 0 Å². The lowest BCUT2D eigenvalue weighted by Crippen LogP contribution is -2.27. The molecule has 0 spiro atoms. The van der Waals surface area contributed by atoms with E-state index in [0.29, 0.717) is 6.04 Å². The van der Waals surface area contributed by atoms with Crippen LogP contribution in [0.3, 0.4) is 0 Å². The van der Waals surface area contributed by atoms with Gasteiger partial charge in [-0.15, -0.1) is 0 Å².